The quantitative estimate of drug-likeness (QED) is 0.188. The molecule has 0 spiro atoms. The summed E-state index contributed by atoms with van der Waals surface area (Å²) >= 11 is 0. The summed E-state index contributed by atoms with van der Waals surface area (Å²) in [5, 5.41) is 13.5. The maximum Gasteiger partial charge on any atom is 0.227 e. The predicted molar refractivity (Wildman–Crippen MR) is 171 cm³/mol. The van der Waals surface area contributed by atoms with E-state index in [0.717, 1.165) is 77.3 Å². The van der Waals surface area contributed by atoms with Crippen molar-refractivity contribution in [2.45, 2.75) is 51.7 Å². The third-order valence-electron chi connectivity index (χ3n) is 8.89. The molecular weight excluding hydrogens is 538 g/mol. The molecule has 5 aromatic rings. The number of fused-ring (bicyclic) bond motifs is 2. The number of nitrogens with zero attached hydrogens (tertiary/aromatic N) is 3. The molecule has 1 aliphatic heterocycles. The fourth-order valence-corrected chi connectivity index (χ4v) is 6.31. The molecule has 2 atom stereocenters. The van der Waals surface area contributed by atoms with E-state index in [9.17, 15) is 9.90 Å². The highest BCUT2D eigenvalue weighted by molar-refractivity contribution is 5.91. The molecule has 0 aliphatic carbocycles. The van der Waals surface area contributed by atoms with Gasteiger partial charge in [0.15, 0.2) is 0 Å². The minimum Gasteiger partial charge on any atom is -0.497 e. The van der Waals surface area contributed by atoms with Crippen LogP contribution in [-0.4, -0.2) is 75.2 Å². The van der Waals surface area contributed by atoms with Gasteiger partial charge in [-0.05, 0) is 73.3 Å². The highest BCUT2D eigenvalue weighted by Gasteiger charge is 2.34. The van der Waals surface area contributed by atoms with E-state index in [1.54, 1.807) is 7.11 Å². The van der Waals surface area contributed by atoms with Gasteiger partial charge in [0.25, 0.3) is 0 Å². The summed E-state index contributed by atoms with van der Waals surface area (Å²) in [6, 6.07) is 20.5. The maximum absolute atomic E-state index is 14.1. The Morgan fingerprint density at radius 1 is 1.09 bits per heavy atom. The van der Waals surface area contributed by atoms with Gasteiger partial charge in [0, 0.05) is 41.8 Å². The monoisotopic (exact) mass is 579 g/mol. The lowest BCUT2D eigenvalue weighted by Crippen LogP contribution is -2.51. The fourth-order valence-electron chi connectivity index (χ4n) is 6.31. The maximum atomic E-state index is 14.1. The van der Waals surface area contributed by atoms with Crippen LogP contribution in [0.2, 0.25) is 0 Å². The molecule has 3 aromatic carbocycles. The van der Waals surface area contributed by atoms with Crippen molar-refractivity contribution < 1.29 is 14.6 Å². The van der Waals surface area contributed by atoms with Gasteiger partial charge in [-0.2, -0.15) is 0 Å². The van der Waals surface area contributed by atoms with Gasteiger partial charge in [0.1, 0.15) is 17.6 Å². The summed E-state index contributed by atoms with van der Waals surface area (Å²) < 4.78 is 5.47. The molecule has 3 heterocycles. The Hall–Kier alpha value is -4.14. The van der Waals surface area contributed by atoms with Crippen molar-refractivity contribution in [1.29, 1.82) is 0 Å². The number of ether oxygens (including phenoxy) is 1. The number of nitrogens with one attached hydrogen (secondary N) is 2. The Balaban J connectivity index is 1.27. The van der Waals surface area contributed by atoms with E-state index in [0.29, 0.717) is 19.5 Å². The smallest absolute Gasteiger partial charge is 0.227 e. The molecule has 1 saturated heterocycles. The Morgan fingerprint density at radius 2 is 1.93 bits per heavy atom. The van der Waals surface area contributed by atoms with Gasteiger partial charge in [-0.1, -0.05) is 43.3 Å². The van der Waals surface area contributed by atoms with Gasteiger partial charge in [0.2, 0.25) is 5.91 Å². The van der Waals surface area contributed by atoms with Crippen LogP contribution in [0.3, 0.4) is 0 Å². The minimum atomic E-state index is -0.258. The molecule has 2 unspecified atom stereocenters. The molecule has 0 bridgehead atoms. The van der Waals surface area contributed by atoms with Crippen LogP contribution in [0.15, 0.2) is 66.9 Å². The van der Waals surface area contributed by atoms with Crippen molar-refractivity contribution in [1.82, 2.24) is 24.8 Å². The van der Waals surface area contributed by atoms with Crippen LogP contribution >= 0.6 is 0 Å². The topological polar surface area (TPSA) is 97.5 Å². The molecule has 3 N–H and O–H groups in total. The van der Waals surface area contributed by atoms with Gasteiger partial charge in [0.05, 0.1) is 31.5 Å². The number of carbonyl (C=O) groups is 1. The van der Waals surface area contributed by atoms with Gasteiger partial charge >= 0.3 is 0 Å². The van der Waals surface area contributed by atoms with E-state index in [2.05, 4.69) is 51.3 Å². The second kappa shape index (κ2) is 12.6. The Kier molecular flexibility index (Phi) is 8.49. The number of aromatic nitrogens is 3. The number of amides is 1. The summed E-state index contributed by atoms with van der Waals surface area (Å²) in [5.74, 6) is 1.66. The van der Waals surface area contributed by atoms with Gasteiger partial charge in [-0.15, -0.1) is 0 Å². The zero-order valence-corrected chi connectivity index (χ0v) is 25.3. The number of aliphatic hydroxyl groups excluding tert-OH is 1. The molecule has 8 nitrogen and oxygen atoms in total. The average molecular weight is 580 g/mol. The molecule has 1 aliphatic rings. The zero-order chi connectivity index (χ0) is 29.9. The number of rotatable bonds is 10. The number of aliphatic hydroxyl groups is 1. The van der Waals surface area contributed by atoms with Crippen molar-refractivity contribution in [2.24, 2.45) is 0 Å². The molecule has 224 valence electrons. The molecular formula is C35H41N5O3. The normalized spacial score (nSPS) is 16.7. The third kappa shape index (κ3) is 6.17. The van der Waals surface area contributed by atoms with Gasteiger partial charge < -0.3 is 24.7 Å². The summed E-state index contributed by atoms with van der Waals surface area (Å²) in [7, 11) is 1.66. The highest BCUT2D eigenvalue weighted by Crippen LogP contribution is 2.31. The summed E-state index contributed by atoms with van der Waals surface area (Å²) in [6.07, 6.45) is 4.41. The molecule has 1 fully saturated rings. The molecule has 0 saturated carbocycles. The van der Waals surface area contributed by atoms with E-state index >= 15 is 0 Å². The first-order valence-electron chi connectivity index (χ1n) is 15.3. The van der Waals surface area contributed by atoms with Crippen LogP contribution in [0.25, 0.3) is 32.9 Å². The number of aromatic amines is 2. The molecule has 0 radical (unpaired) electrons. The van der Waals surface area contributed by atoms with Crippen molar-refractivity contribution >= 4 is 27.6 Å². The molecule has 1 amide bonds. The zero-order valence-electron chi connectivity index (χ0n) is 25.3. The van der Waals surface area contributed by atoms with Crippen molar-refractivity contribution in [3.8, 4) is 17.0 Å². The Morgan fingerprint density at radius 3 is 2.74 bits per heavy atom. The lowest BCUT2D eigenvalue weighted by Gasteiger charge is -2.40. The second-order valence-corrected chi connectivity index (χ2v) is 11.7. The van der Waals surface area contributed by atoms with E-state index < -0.39 is 0 Å². The van der Waals surface area contributed by atoms with Crippen molar-refractivity contribution in [3.63, 3.8) is 0 Å². The van der Waals surface area contributed by atoms with Crippen LogP contribution in [-0.2, 0) is 11.2 Å². The average Bonchev–Trinajstić information content (AvgIpc) is 3.65. The summed E-state index contributed by atoms with van der Waals surface area (Å²) in [5.41, 5.74) is 5.02. The summed E-state index contributed by atoms with van der Waals surface area (Å²) in [4.78, 5) is 30.3. The summed E-state index contributed by atoms with van der Waals surface area (Å²) in [6.45, 7) is 7.03. The number of imidazole rings is 1. The van der Waals surface area contributed by atoms with Crippen LogP contribution in [0, 0.1) is 6.92 Å². The van der Waals surface area contributed by atoms with Crippen LogP contribution < -0.4 is 4.74 Å². The number of methoxy groups -OCH3 is 1. The molecule has 43 heavy (non-hydrogen) atoms. The van der Waals surface area contributed by atoms with Crippen molar-refractivity contribution in [3.05, 3.63) is 83.9 Å². The minimum absolute atomic E-state index is 0.0848. The number of aryl methyl sites for hydroxylation is 1. The molecule has 2 aromatic heterocycles. The van der Waals surface area contributed by atoms with Gasteiger partial charge in [-0.3, -0.25) is 9.69 Å². The Bertz CT molecular complexity index is 1720. The second-order valence-electron chi connectivity index (χ2n) is 11.7. The van der Waals surface area contributed by atoms with Gasteiger partial charge in [-0.25, -0.2) is 4.98 Å². The number of carbonyl (C=O) groups excluding carboxylic acids is 1. The van der Waals surface area contributed by atoms with Crippen LogP contribution in [0.1, 0.15) is 49.3 Å². The first-order chi connectivity index (χ1) is 20.9. The fraction of sp³-hybridized carbons (Fsp3) is 0.371. The first kappa shape index (κ1) is 29.0. The molecule has 8 heteroatoms. The lowest BCUT2D eigenvalue weighted by atomic mass is 10.0. The number of hydrogen-bond acceptors (Lipinski definition) is 5. The number of H-pyrrole nitrogens is 2. The lowest BCUT2D eigenvalue weighted by molar-refractivity contribution is -0.135. The van der Waals surface area contributed by atoms with Crippen LogP contribution in [0.5, 0.6) is 5.75 Å². The first-order valence-corrected chi connectivity index (χ1v) is 15.3. The van der Waals surface area contributed by atoms with Crippen molar-refractivity contribution in [2.75, 3.05) is 33.3 Å². The largest absolute Gasteiger partial charge is 0.497 e. The standard InChI is InChI=1S/C35H41N5O3/c1-4-27(41)10-7-15-39-16-17-40(34(42)20-29-23(2)37-31-14-13-28(43-3)19-30(29)31)33(22-39)35-36-21-32(38-35)26-12-11-24-8-5-6-9-25(24)18-26/h5-6,8-9,11-14,18-19,21,27,33,37,41H,4,7,10,15-17,20,22H2,1-3H3,(H,36,38). The third-order valence-corrected chi connectivity index (χ3v) is 8.89. The van der Waals surface area contributed by atoms with Crippen LogP contribution in [0.4, 0.5) is 0 Å². The number of hydrogen-bond donors (Lipinski definition) is 3. The SMILES string of the molecule is CCC(O)CCCN1CCN(C(=O)Cc2c(C)[nH]c3ccc(OC)cc23)C(c2ncc(-c3ccc4ccccc4c3)[nH]2)C1. The Labute approximate surface area is 252 Å². The number of benzene rings is 3. The van der Waals surface area contributed by atoms with E-state index in [-0.39, 0.29) is 18.1 Å². The van der Waals surface area contributed by atoms with E-state index in [1.165, 1.54) is 10.8 Å². The van der Waals surface area contributed by atoms with E-state index in [4.69, 9.17) is 9.72 Å². The highest BCUT2D eigenvalue weighted by atomic mass is 16.5. The number of piperazine rings is 1. The molecule has 6 rings (SSSR count). The van der Waals surface area contributed by atoms with E-state index in [1.807, 2.05) is 49.2 Å². The predicted octanol–water partition coefficient (Wildman–Crippen LogP) is 6.01.